The van der Waals surface area contributed by atoms with Crippen LogP contribution in [0, 0.1) is 0 Å². The summed E-state index contributed by atoms with van der Waals surface area (Å²) in [6, 6.07) is 39.4. The van der Waals surface area contributed by atoms with Crippen molar-refractivity contribution in [2.24, 2.45) is 0 Å². The van der Waals surface area contributed by atoms with Crippen LogP contribution in [0.1, 0.15) is 37.9 Å². The van der Waals surface area contributed by atoms with Crippen LogP contribution in [0.5, 0.6) is 0 Å². The van der Waals surface area contributed by atoms with Gasteiger partial charge in [-0.05, 0) is 63.0 Å². The van der Waals surface area contributed by atoms with Crippen molar-refractivity contribution < 1.29 is 14.3 Å². The molecule has 2 N–H and O–H groups in total. The third-order valence-electron chi connectivity index (χ3n) is 6.27. The lowest BCUT2D eigenvalue weighted by Crippen LogP contribution is -2.47. The number of carbonyl (C=O) groups is 2. The van der Waals surface area contributed by atoms with E-state index < -0.39 is 25.7 Å². The molecule has 5 nitrogen and oxygen atoms in total. The summed E-state index contributed by atoms with van der Waals surface area (Å²) in [5, 5.41) is 8.62. The van der Waals surface area contributed by atoms with Crippen LogP contribution in [0.25, 0.3) is 0 Å². The van der Waals surface area contributed by atoms with Gasteiger partial charge < -0.3 is 15.4 Å². The van der Waals surface area contributed by atoms with E-state index in [-0.39, 0.29) is 11.9 Å². The van der Waals surface area contributed by atoms with Gasteiger partial charge in [0, 0.05) is 6.04 Å². The molecule has 0 spiro atoms. The number of alkyl carbamates (subject to hydrolysis) is 1. The van der Waals surface area contributed by atoms with Gasteiger partial charge in [0.15, 0.2) is 0 Å². The lowest BCUT2D eigenvalue weighted by Gasteiger charge is -2.28. The van der Waals surface area contributed by atoms with E-state index in [1.807, 2.05) is 60.7 Å². The first-order valence-corrected chi connectivity index (χ1v) is 15.1. The van der Waals surface area contributed by atoms with Gasteiger partial charge in [-0.3, -0.25) is 4.79 Å². The average molecular weight is 553 g/mol. The number of ether oxygens (including phenoxy) is 1. The van der Waals surface area contributed by atoms with E-state index in [1.54, 1.807) is 20.8 Å². The highest BCUT2D eigenvalue weighted by Crippen LogP contribution is 2.35. The Hall–Kier alpha value is -3.95. The minimum Gasteiger partial charge on any atom is -0.444 e. The van der Waals surface area contributed by atoms with Crippen LogP contribution in [0.2, 0.25) is 0 Å². The fraction of sp³-hybridized carbons (Fsp3) is 0.235. The maximum Gasteiger partial charge on any atom is 0.408 e. The maximum absolute atomic E-state index is 13.9. The molecule has 0 aliphatic rings. The summed E-state index contributed by atoms with van der Waals surface area (Å²) in [7, 11) is -0.753. The van der Waals surface area contributed by atoms with Crippen molar-refractivity contribution >= 4 is 30.5 Å². The van der Waals surface area contributed by atoms with Crippen molar-refractivity contribution in [1.29, 1.82) is 0 Å². The largest absolute Gasteiger partial charge is 0.444 e. The second kappa shape index (κ2) is 13.9. The summed E-state index contributed by atoms with van der Waals surface area (Å²) < 4.78 is 5.49. The van der Waals surface area contributed by atoms with Crippen LogP contribution in [0.3, 0.4) is 0 Å². The van der Waals surface area contributed by atoms with Crippen molar-refractivity contribution in [3.63, 3.8) is 0 Å². The molecule has 0 aromatic heterocycles. The molecule has 2 amide bonds. The van der Waals surface area contributed by atoms with Gasteiger partial charge >= 0.3 is 6.09 Å². The van der Waals surface area contributed by atoms with E-state index in [0.717, 1.165) is 11.7 Å². The Morgan fingerprint density at radius 1 is 0.700 bits per heavy atom. The van der Waals surface area contributed by atoms with E-state index in [2.05, 4.69) is 71.3 Å². The standard InChI is InChI=1S/C34H37N2O3P/c1-34(2,3)39-33(38)36-31(27-18-10-5-11-19-27)32(37)35-28(24-26-16-8-4-9-17-26)25-40(29-20-12-6-13-21-29)30-22-14-7-15-23-30/h4-23,28,31H,24-25H2,1-3H3,(H,35,37)(H,36,38)/t28-,31-/m0/s1. The van der Waals surface area contributed by atoms with Crippen LogP contribution in [0.4, 0.5) is 4.79 Å². The van der Waals surface area contributed by atoms with E-state index in [0.29, 0.717) is 12.0 Å². The fourth-order valence-corrected chi connectivity index (χ4v) is 6.96. The smallest absolute Gasteiger partial charge is 0.408 e. The average Bonchev–Trinajstić information content (AvgIpc) is 2.95. The number of rotatable bonds is 10. The number of amides is 2. The van der Waals surface area contributed by atoms with Crippen molar-refractivity contribution in [2.45, 2.75) is 44.9 Å². The van der Waals surface area contributed by atoms with Crippen LogP contribution in [0.15, 0.2) is 121 Å². The minimum absolute atomic E-state index is 0.173. The van der Waals surface area contributed by atoms with E-state index in [1.165, 1.54) is 10.6 Å². The summed E-state index contributed by atoms with van der Waals surface area (Å²) in [5.41, 5.74) is 1.15. The molecule has 0 unspecified atom stereocenters. The molecule has 206 valence electrons. The van der Waals surface area contributed by atoms with E-state index in [9.17, 15) is 9.59 Å². The summed E-state index contributed by atoms with van der Waals surface area (Å²) in [6.07, 6.45) is 0.781. The van der Waals surface area contributed by atoms with Gasteiger partial charge in [0.25, 0.3) is 0 Å². The molecule has 4 rings (SSSR count). The molecule has 6 heteroatoms. The lowest BCUT2D eigenvalue weighted by molar-refractivity contribution is -0.123. The van der Waals surface area contributed by atoms with Crippen LogP contribution in [-0.2, 0) is 16.0 Å². The third kappa shape index (κ3) is 8.79. The van der Waals surface area contributed by atoms with Crippen molar-refractivity contribution in [3.05, 3.63) is 132 Å². The molecular weight excluding hydrogens is 515 g/mol. The van der Waals surface area contributed by atoms with Crippen LogP contribution < -0.4 is 21.2 Å². The number of benzene rings is 4. The van der Waals surface area contributed by atoms with Crippen molar-refractivity contribution in [3.8, 4) is 0 Å². The zero-order valence-electron chi connectivity index (χ0n) is 23.3. The monoisotopic (exact) mass is 552 g/mol. The zero-order chi connectivity index (χ0) is 28.4. The second-order valence-corrected chi connectivity index (χ2v) is 12.9. The van der Waals surface area contributed by atoms with Crippen molar-refractivity contribution in [1.82, 2.24) is 10.6 Å². The van der Waals surface area contributed by atoms with Gasteiger partial charge in [0.1, 0.15) is 11.6 Å². The molecule has 4 aromatic rings. The Labute approximate surface area is 238 Å². The molecule has 0 saturated heterocycles. The van der Waals surface area contributed by atoms with Gasteiger partial charge in [-0.2, -0.15) is 0 Å². The van der Waals surface area contributed by atoms with Crippen LogP contribution in [-0.4, -0.2) is 29.8 Å². The molecule has 0 aliphatic heterocycles. The molecule has 0 aliphatic carbocycles. The van der Waals surface area contributed by atoms with Gasteiger partial charge in [-0.15, -0.1) is 0 Å². The molecule has 0 saturated carbocycles. The second-order valence-electron chi connectivity index (χ2n) is 10.7. The fourth-order valence-electron chi connectivity index (χ4n) is 4.51. The highest BCUT2D eigenvalue weighted by Gasteiger charge is 2.29. The lowest BCUT2D eigenvalue weighted by atomic mass is 10.0. The molecular formula is C34H37N2O3P. The summed E-state index contributed by atoms with van der Waals surface area (Å²) in [4.78, 5) is 26.7. The first kappa shape index (κ1) is 29.0. The molecule has 4 aromatic carbocycles. The predicted molar refractivity (Wildman–Crippen MR) is 165 cm³/mol. The van der Waals surface area contributed by atoms with Crippen LogP contribution >= 0.6 is 7.92 Å². The Morgan fingerprint density at radius 3 is 1.68 bits per heavy atom. The Balaban J connectivity index is 1.64. The van der Waals surface area contributed by atoms with E-state index in [4.69, 9.17) is 4.74 Å². The number of carbonyl (C=O) groups excluding carboxylic acids is 2. The van der Waals surface area contributed by atoms with Gasteiger partial charge in [-0.25, -0.2) is 4.79 Å². The van der Waals surface area contributed by atoms with Gasteiger partial charge in [0.2, 0.25) is 5.91 Å². The Morgan fingerprint density at radius 2 is 1.18 bits per heavy atom. The zero-order valence-corrected chi connectivity index (χ0v) is 24.2. The van der Waals surface area contributed by atoms with Gasteiger partial charge in [-0.1, -0.05) is 121 Å². The van der Waals surface area contributed by atoms with E-state index >= 15 is 0 Å². The molecule has 0 fully saturated rings. The Kier molecular flexibility index (Phi) is 10.1. The SMILES string of the molecule is CC(C)(C)OC(=O)N[C@H](C(=O)N[C@@H](Cc1ccccc1)CP(c1ccccc1)c1ccccc1)c1ccccc1. The highest BCUT2D eigenvalue weighted by molar-refractivity contribution is 7.73. The number of hydrogen-bond acceptors (Lipinski definition) is 3. The Bertz CT molecular complexity index is 1300. The summed E-state index contributed by atoms with van der Waals surface area (Å²) in [6.45, 7) is 5.40. The normalized spacial score (nSPS) is 12.8. The minimum atomic E-state index is -0.894. The highest BCUT2D eigenvalue weighted by atomic mass is 31.1. The summed E-state index contributed by atoms with van der Waals surface area (Å²) >= 11 is 0. The molecule has 0 radical (unpaired) electrons. The topological polar surface area (TPSA) is 67.4 Å². The van der Waals surface area contributed by atoms with Gasteiger partial charge in [0.05, 0.1) is 0 Å². The number of nitrogens with one attached hydrogen (secondary N) is 2. The molecule has 2 atom stereocenters. The van der Waals surface area contributed by atoms with Crippen molar-refractivity contribution in [2.75, 3.05) is 6.16 Å². The molecule has 0 heterocycles. The first-order valence-electron chi connectivity index (χ1n) is 13.5. The third-order valence-corrected chi connectivity index (χ3v) is 8.92. The predicted octanol–water partition coefficient (Wildman–Crippen LogP) is 6.11. The summed E-state index contributed by atoms with van der Waals surface area (Å²) in [5.74, 6) is -0.269. The molecule has 40 heavy (non-hydrogen) atoms. The number of hydrogen-bond donors (Lipinski definition) is 2. The molecule has 0 bridgehead atoms. The quantitative estimate of drug-likeness (QED) is 0.233. The first-order chi connectivity index (χ1) is 19.3. The maximum atomic E-state index is 13.9.